The number of hydrogen-bond donors (Lipinski definition) is 6. The van der Waals surface area contributed by atoms with E-state index in [1.54, 1.807) is 12.5 Å². The number of halogens is 7. The lowest BCUT2D eigenvalue weighted by atomic mass is 10.2. The molecule has 0 spiro atoms. The minimum absolute atomic E-state index is 0. The van der Waals surface area contributed by atoms with E-state index < -0.39 is 58.2 Å². The lowest BCUT2D eigenvalue weighted by Crippen LogP contribution is -2.32. The van der Waals surface area contributed by atoms with Crippen molar-refractivity contribution in [1.29, 1.82) is 10.5 Å². The summed E-state index contributed by atoms with van der Waals surface area (Å²) >= 11 is 2.47. The van der Waals surface area contributed by atoms with E-state index in [0.717, 1.165) is 24.3 Å². The predicted octanol–water partition coefficient (Wildman–Crippen LogP) is 5.91. The van der Waals surface area contributed by atoms with Gasteiger partial charge in [0.05, 0.1) is 28.0 Å². The highest BCUT2D eigenvalue weighted by Crippen LogP contribution is 2.32. The molecule has 0 saturated carbocycles. The highest BCUT2D eigenvalue weighted by atomic mass is 35.5. The molecule has 3 atom stereocenters. The average Bonchev–Trinajstić information content (AvgIpc) is 3.14. The van der Waals surface area contributed by atoms with Crippen molar-refractivity contribution in [3.63, 3.8) is 0 Å². The summed E-state index contributed by atoms with van der Waals surface area (Å²) < 4.78 is 86.5. The number of nitrogen functional groups attached to an aromatic ring is 2. The number of nitriles is 2. The Bertz CT molecular complexity index is 2190. The topological polar surface area (TPSA) is 264 Å². The molecule has 0 aliphatic rings. The van der Waals surface area contributed by atoms with Crippen LogP contribution in [-0.4, -0.2) is 66.8 Å². The fourth-order valence-corrected chi connectivity index (χ4v) is 5.80. The molecule has 2 aromatic carbocycles. The van der Waals surface area contributed by atoms with E-state index in [0.29, 0.717) is 10.1 Å². The summed E-state index contributed by atoms with van der Waals surface area (Å²) in [6.07, 6.45) is -4.01. The Labute approximate surface area is 345 Å². The second-order valence-electron chi connectivity index (χ2n) is 11.1. The average molecular weight is 893 g/mol. The highest BCUT2D eigenvalue weighted by molar-refractivity contribution is 7.98. The Hall–Kier alpha value is -5.40. The maximum absolute atomic E-state index is 12.8. The fourth-order valence-electron chi connectivity index (χ4n) is 4.02. The molecule has 58 heavy (non-hydrogen) atoms. The molecular formula is C33H35ClF6N12O3S3. The van der Waals surface area contributed by atoms with E-state index in [-0.39, 0.29) is 57.6 Å². The van der Waals surface area contributed by atoms with Gasteiger partial charge in [0, 0.05) is 17.6 Å². The van der Waals surface area contributed by atoms with Crippen LogP contribution in [0, 0.1) is 22.7 Å². The van der Waals surface area contributed by atoms with E-state index in [4.69, 9.17) is 22.5 Å². The molecule has 25 heteroatoms. The number of carbonyl (C=O) groups excluding carboxylic acids is 2. The van der Waals surface area contributed by atoms with Crippen molar-refractivity contribution in [1.82, 2.24) is 19.9 Å². The van der Waals surface area contributed by atoms with Gasteiger partial charge in [-0.15, -0.1) is 35.9 Å². The number of carbonyl (C=O) groups is 2. The normalized spacial score (nSPS) is 12.2. The first-order chi connectivity index (χ1) is 26.5. The second kappa shape index (κ2) is 22.5. The molecule has 9 N–H and O–H groups in total. The number of benzene rings is 2. The minimum atomic E-state index is -4.51. The van der Waals surface area contributed by atoms with Crippen molar-refractivity contribution in [3.8, 4) is 12.1 Å². The molecular weight excluding hydrogens is 858 g/mol. The van der Waals surface area contributed by atoms with Gasteiger partial charge in [0.25, 0.3) is 0 Å². The Balaban J connectivity index is 0.000000465. The van der Waals surface area contributed by atoms with E-state index in [1.807, 2.05) is 12.1 Å². The number of aromatic nitrogens is 4. The Morgan fingerprint density at radius 2 is 1.21 bits per heavy atom. The zero-order chi connectivity index (χ0) is 43.2. The Kier molecular flexibility index (Phi) is 19.7. The molecule has 0 aliphatic carbocycles. The molecule has 0 saturated heterocycles. The first-order valence-corrected chi connectivity index (χ1v) is 19.6. The summed E-state index contributed by atoms with van der Waals surface area (Å²) in [5, 5.41) is 26.6. The van der Waals surface area contributed by atoms with Crippen LogP contribution in [0.3, 0.4) is 0 Å². The van der Waals surface area contributed by atoms with Gasteiger partial charge in [-0.1, -0.05) is 12.1 Å². The molecule has 4 aromatic rings. The monoisotopic (exact) mass is 892 g/mol. The summed E-state index contributed by atoms with van der Waals surface area (Å²) in [6.45, 7) is 2.92. The Morgan fingerprint density at radius 1 is 0.776 bits per heavy atom. The van der Waals surface area contributed by atoms with Gasteiger partial charge in [0.2, 0.25) is 23.7 Å². The lowest BCUT2D eigenvalue weighted by molar-refractivity contribution is -0.138. The smallest absolute Gasteiger partial charge is 0.368 e. The summed E-state index contributed by atoms with van der Waals surface area (Å²) in [5.41, 5.74) is 15.0. The molecule has 4 rings (SSSR count). The van der Waals surface area contributed by atoms with Crippen molar-refractivity contribution in [2.45, 2.75) is 53.4 Å². The molecule has 0 aliphatic heterocycles. The van der Waals surface area contributed by atoms with Crippen LogP contribution in [0.1, 0.15) is 36.1 Å². The molecule has 2 heterocycles. The maximum atomic E-state index is 12.8. The first-order valence-electron chi connectivity index (χ1n) is 15.6. The SMILES string of the molecule is CSc1nc(N)nc(N[C@@H](C)C(=O)Nc2cccc(C(F)(F)F)c2)c1C#N.CSc1nc(N)nc(S(C)=O)c1C#N.C[C@H](N)C(=O)Nc1cccc(C(F)(F)F)c1.Cl. The quantitative estimate of drug-likeness (QED) is 0.0648. The summed E-state index contributed by atoms with van der Waals surface area (Å²) in [5.74, 6) is -1.11. The van der Waals surface area contributed by atoms with Gasteiger partial charge in [-0.2, -0.15) is 41.9 Å². The molecule has 0 bridgehead atoms. The molecule has 15 nitrogen and oxygen atoms in total. The van der Waals surface area contributed by atoms with Gasteiger partial charge in [-0.25, -0.2) is 15.0 Å². The van der Waals surface area contributed by atoms with Gasteiger partial charge >= 0.3 is 12.4 Å². The largest absolute Gasteiger partial charge is 0.416 e. The zero-order valence-corrected chi connectivity index (χ0v) is 34.1. The van der Waals surface area contributed by atoms with Crippen LogP contribution in [0.25, 0.3) is 0 Å². The Morgan fingerprint density at radius 3 is 1.60 bits per heavy atom. The number of alkyl halides is 6. The molecule has 0 fully saturated rings. The highest BCUT2D eigenvalue weighted by Gasteiger charge is 2.31. The van der Waals surface area contributed by atoms with E-state index in [2.05, 4.69) is 35.9 Å². The fraction of sp³-hybridized carbons (Fsp3) is 0.273. The first kappa shape index (κ1) is 50.6. The van der Waals surface area contributed by atoms with E-state index in [9.17, 15) is 45.4 Å². The number of nitrogens with one attached hydrogen (secondary N) is 3. The summed E-state index contributed by atoms with van der Waals surface area (Å²) in [7, 11) is -1.33. The number of amides is 2. The van der Waals surface area contributed by atoms with Crippen molar-refractivity contribution >= 4 is 87.6 Å². The third kappa shape index (κ3) is 15.2. The number of thioether (sulfide) groups is 2. The van der Waals surface area contributed by atoms with Crippen LogP contribution >= 0.6 is 35.9 Å². The molecule has 2 amide bonds. The number of nitrogens with two attached hydrogens (primary N) is 3. The number of rotatable bonds is 9. The maximum Gasteiger partial charge on any atom is 0.416 e. The summed E-state index contributed by atoms with van der Waals surface area (Å²) in [6, 6.07) is 10.9. The van der Waals surface area contributed by atoms with Crippen LogP contribution in [0.15, 0.2) is 63.6 Å². The number of anilines is 5. The van der Waals surface area contributed by atoms with Gasteiger partial charge in [0.15, 0.2) is 10.8 Å². The molecule has 0 radical (unpaired) electrons. The zero-order valence-electron chi connectivity index (χ0n) is 30.8. The molecule has 1 unspecified atom stereocenters. The summed E-state index contributed by atoms with van der Waals surface area (Å²) in [4.78, 5) is 39.0. The molecule has 312 valence electrons. The van der Waals surface area contributed by atoms with E-state index in [1.165, 1.54) is 67.9 Å². The second-order valence-corrected chi connectivity index (χ2v) is 13.9. The van der Waals surface area contributed by atoms with Gasteiger partial charge in [0.1, 0.15) is 39.4 Å². The molecule has 2 aromatic heterocycles. The van der Waals surface area contributed by atoms with Crippen LogP contribution in [0.5, 0.6) is 0 Å². The standard InChI is InChI=1S/C16H15F3N6OS.C10H11F3N2O.C7H8N4OS2.ClH/c1-8(22-12-11(7-20)14(27-2)25-15(21)24-12)13(26)23-10-5-3-4-9(6-10)16(17,18)19;1-6(14)9(16)15-8-4-2-3-7(5-8)10(11,12)13;1-13-5-4(3-8)6(14(2)12)11-7(9)10-5;/h3-6,8H,1-2H3,(H,23,26)(H3,21,22,24,25);2-6H,14H2,1H3,(H,15,16);1-2H3,(H2,9,10,11);1H/t8-;6-;;/m00../s1. The van der Waals surface area contributed by atoms with E-state index >= 15 is 0 Å². The van der Waals surface area contributed by atoms with Crippen LogP contribution in [0.2, 0.25) is 0 Å². The van der Waals surface area contributed by atoms with Gasteiger partial charge in [-0.05, 0) is 62.8 Å². The van der Waals surface area contributed by atoms with Crippen molar-refractivity contribution < 1.29 is 40.1 Å². The third-order valence-corrected chi connectivity index (χ3v) is 8.91. The van der Waals surface area contributed by atoms with Crippen molar-refractivity contribution in [3.05, 3.63) is 70.8 Å². The number of nitrogens with zero attached hydrogens (tertiary/aromatic N) is 6. The number of hydrogen-bond acceptors (Lipinski definition) is 15. The van der Waals surface area contributed by atoms with Crippen LogP contribution in [0.4, 0.5) is 55.4 Å². The lowest BCUT2D eigenvalue weighted by Gasteiger charge is -2.17. The van der Waals surface area contributed by atoms with Crippen LogP contribution in [-0.2, 0) is 32.7 Å². The van der Waals surface area contributed by atoms with Crippen molar-refractivity contribution in [2.24, 2.45) is 5.73 Å². The predicted molar refractivity (Wildman–Crippen MR) is 212 cm³/mol. The van der Waals surface area contributed by atoms with Gasteiger partial charge in [-0.3, -0.25) is 13.8 Å². The van der Waals surface area contributed by atoms with Gasteiger partial charge < -0.3 is 33.2 Å². The van der Waals surface area contributed by atoms with Crippen molar-refractivity contribution in [2.75, 3.05) is 46.2 Å². The minimum Gasteiger partial charge on any atom is -0.368 e. The third-order valence-electron chi connectivity index (χ3n) is 6.71. The van der Waals surface area contributed by atoms with Crippen LogP contribution < -0.4 is 33.2 Å².